The van der Waals surface area contributed by atoms with Crippen LogP contribution in [0.1, 0.15) is 38.2 Å². The first-order valence-corrected chi connectivity index (χ1v) is 6.09. The van der Waals surface area contributed by atoms with Crippen LogP contribution in [0.15, 0.2) is 18.2 Å². The first-order chi connectivity index (χ1) is 8.03. The lowest BCUT2D eigenvalue weighted by atomic mass is 9.75. The van der Waals surface area contributed by atoms with Crippen molar-refractivity contribution in [1.29, 1.82) is 0 Å². The predicted octanol–water partition coefficient (Wildman–Crippen LogP) is 3.23. The zero-order valence-electron chi connectivity index (χ0n) is 10.4. The van der Waals surface area contributed by atoms with Gasteiger partial charge in [0.2, 0.25) is 0 Å². The molecule has 2 rings (SSSR count). The molecule has 1 unspecified atom stereocenters. The van der Waals surface area contributed by atoms with E-state index < -0.39 is 11.4 Å². The van der Waals surface area contributed by atoms with Crippen molar-refractivity contribution >= 4 is 0 Å². The zero-order chi connectivity index (χ0) is 12.5. The van der Waals surface area contributed by atoms with E-state index in [2.05, 4.69) is 0 Å². The molecule has 2 nitrogen and oxygen atoms in total. The molecule has 0 aliphatic heterocycles. The maximum Gasteiger partial charge on any atom is 0.132 e. The minimum Gasteiger partial charge on any atom is -0.497 e. The van der Waals surface area contributed by atoms with E-state index in [9.17, 15) is 9.50 Å². The third-order valence-electron chi connectivity index (χ3n) is 3.67. The van der Waals surface area contributed by atoms with Crippen molar-refractivity contribution in [2.24, 2.45) is 5.92 Å². The molecule has 0 amide bonds. The highest BCUT2D eigenvalue weighted by atomic mass is 19.1. The summed E-state index contributed by atoms with van der Waals surface area (Å²) in [6.07, 6.45) is 4.16. The summed E-state index contributed by atoms with van der Waals surface area (Å²) in [5.74, 6) is 0.617. The number of hydrogen-bond donors (Lipinski definition) is 1. The first kappa shape index (κ1) is 12.4. The van der Waals surface area contributed by atoms with Crippen molar-refractivity contribution in [3.63, 3.8) is 0 Å². The average molecular weight is 238 g/mol. The lowest BCUT2D eigenvalue weighted by Gasteiger charge is -2.33. The second-order valence-electron chi connectivity index (χ2n) is 5.12. The molecule has 1 atom stereocenters. The van der Waals surface area contributed by atoms with Crippen LogP contribution in [0.3, 0.4) is 0 Å². The topological polar surface area (TPSA) is 29.5 Å². The summed E-state index contributed by atoms with van der Waals surface area (Å²) in [4.78, 5) is 0. The van der Waals surface area contributed by atoms with Crippen molar-refractivity contribution in [3.05, 3.63) is 29.6 Å². The van der Waals surface area contributed by atoms with Crippen molar-refractivity contribution in [2.75, 3.05) is 7.11 Å². The van der Waals surface area contributed by atoms with Crippen LogP contribution in [0.25, 0.3) is 0 Å². The lowest BCUT2D eigenvalue weighted by Crippen LogP contribution is -2.28. The molecular weight excluding hydrogens is 219 g/mol. The molecular formula is C14H19FO2. The molecule has 0 heterocycles. The number of rotatable bonds is 4. The molecule has 3 heteroatoms. The van der Waals surface area contributed by atoms with Crippen molar-refractivity contribution < 1.29 is 14.2 Å². The van der Waals surface area contributed by atoms with E-state index in [1.54, 1.807) is 19.1 Å². The largest absolute Gasteiger partial charge is 0.497 e. The van der Waals surface area contributed by atoms with Gasteiger partial charge in [-0.3, -0.25) is 0 Å². The molecule has 94 valence electrons. The summed E-state index contributed by atoms with van der Waals surface area (Å²) < 4.78 is 18.8. The maximum atomic E-state index is 13.9. The van der Waals surface area contributed by atoms with Gasteiger partial charge in [0.15, 0.2) is 0 Å². The summed E-state index contributed by atoms with van der Waals surface area (Å²) >= 11 is 0. The molecule has 1 aliphatic rings. The van der Waals surface area contributed by atoms with Gasteiger partial charge in [0.05, 0.1) is 12.7 Å². The Labute approximate surface area is 101 Å². The van der Waals surface area contributed by atoms with E-state index in [0.29, 0.717) is 23.7 Å². The van der Waals surface area contributed by atoms with E-state index in [0.717, 1.165) is 12.8 Å². The Kier molecular flexibility index (Phi) is 3.38. The molecule has 1 N–H and O–H groups in total. The van der Waals surface area contributed by atoms with Gasteiger partial charge in [-0.2, -0.15) is 0 Å². The van der Waals surface area contributed by atoms with Gasteiger partial charge in [-0.1, -0.05) is 19.3 Å². The standard InChI is InChI=1S/C14H19FO2/c1-14(16,9-10-4-3-5-10)12-7-6-11(17-2)8-13(12)15/h6-8,10,16H,3-5,9H2,1-2H3. The minimum absolute atomic E-state index is 0.366. The fourth-order valence-electron chi connectivity index (χ4n) is 2.43. The Morgan fingerprint density at radius 1 is 1.47 bits per heavy atom. The Morgan fingerprint density at radius 2 is 2.18 bits per heavy atom. The number of aliphatic hydroxyl groups is 1. The van der Waals surface area contributed by atoms with E-state index in [1.807, 2.05) is 0 Å². The van der Waals surface area contributed by atoms with Crippen molar-refractivity contribution in [2.45, 2.75) is 38.2 Å². The number of ether oxygens (including phenoxy) is 1. The zero-order valence-corrected chi connectivity index (χ0v) is 10.4. The Hall–Kier alpha value is -1.09. The highest BCUT2D eigenvalue weighted by Crippen LogP contribution is 2.39. The van der Waals surface area contributed by atoms with Crippen molar-refractivity contribution in [1.82, 2.24) is 0 Å². The number of methoxy groups -OCH3 is 1. The summed E-state index contributed by atoms with van der Waals surface area (Å²) in [5.41, 5.74) is -0.716. The van der Waals surface area contributed by atoms with Crippen LogP contribution >= 0.6 is 0 Å². The molecule has 17 heavy (non-hydrogen) atoms. The molecule has 1 aliphatic carbocycles. The SMILES string of the molecule is COc1ccc(C(C)(O)CC2CCC2)c(F)c1. The van der Waals surface area contributed by atoms with Gasteiger partial charge in [0, 0.05) is 11.6 Å². The summed E-state index contributed by atoms with van der Waals surface area (Å²) in [6.45, 7) is 1.69. The molecule has 1 aromatic rings. The van der Waals surface area contributed by atoms with E-state index in [1.165, 1.54) is 19.6 Å². The normalized spacial score (nSPS) is 19.5. The van der Waals surface area contributed by atoms with Crippen LogP contribution < -0.4 is 4.74 Å². The van der Waals surface area contributed by atoms with E-state index in [-0.39, 0.29) is 0 Å². The molecule has 0 saturated heterocycles. The van der Waals surface area contributed by atoms with Crippen LogP contribution in [0, 0.1) is 11.7 Å². The fourth-order valence-corrected chi connectivity index (χ4v) is 2.43. The smallest absolute Gasteiger partial charge is 0.132 e. The Balaban J connectivity index is 2.18. The van der Waals surface area contributed by atoms with Crippen LogP contribution in [-0.2, 0) is 5.60 Å². The molecule has 0 bridgehead atoms. The molecule has 1 fully saturated rings. The third-order valence-corrected chi connectivity index (χ3v) is 3.67. The average Bonchev–Trinajstić information content (AvgIpc) is 2.23. The van der Waals surface area contributed by atoms with Gasteiger partial charge in [-0.15, -0.1) is 0 Å². The molecule has 1 saturated carbocycles. The maximum absolute atomic E-state index is 13.9. The summed E-state index contributed by atoms with van der Waals surface area (Å²) in [6, 6.07) is 4.63. The Bertz CT molecular complexity index is 397. The molecule has 0 spiro atoms. The fraction of sp³-hybridized carbons (Fsp3) is 0.571. The Morgan fingerprint density at radius 3 is 2.65 bits per heavy atom. The number of hydrogen-bond acceptors (Lipinski definition) is 2. The monoisotopic (exact) mass is 238 g/mol. The van der Waals surface area contributed by atoms with E-state index in [4.69, 9.17) is 4.74 Å². The van der Waals surface area contributed by atoms with Gasteiger partial charge < -0.3 is 9.84 Å². The highest BCUT2D eigenvalue weighted by Gasteiger charge is 2.32. The quantitative estimate of drug-likeness (QED) is 0.872. The second-order valence-corrected chi connectivity index (χ2v) is 5.12. The van der Waals surface area contributed by atoms with Crippen LogP contribution in [-0.4, -0.2) is 12.2 Å². The van der Waals surface area contributed by atoms with Crippen LogP contribution in [0.2, 0.25) is 0 Å². The number of halogens is 1. The summed E-state index contributed by atoms with van der Waals surface area (Å²) in [7, 11) is 1.50. The van der Waals surface area contributed by atoms with Gasteiger partial charge in [0.25, 0.3) is 0 Å². The van der Waals surface area contributed by atoms with Crippen molar-refractivity contribution in [3.8, 4) is 5.75 Å². The first-order valence-electron chi connectivity index (χ1n) is 6.09. The van der Waals surface area contributed by atoms with E-state index >= 15 is 0 Å². The molecule has 0 aromatic heterocycles. The number of benzene rings is 1. The van der Waals surface area contributed by atoms with Gasteiger partial charge in [-0.05, 0) is 31.4 Å². The van der Waals surface area contributed by atoms with Crippen LogP contribution in [0.5, 0.6) is 5.75 Å². The highest BCUT2D eigenvalue weighted by molar-refractivity contribution is 5.32. The predicted molar refractivity (Wildman–Crippen MR) is 64.5 cm³/mol. The molecule has 1 aromatic carbocycles. The lowest BCUT2D eigenvalue weighted by molar-refractivity contribution is 0.0131. The van der Waals surface area contributed by atoms with Gasteiger partial charge in [0.1, 0.15) is 11.6 Å². The third kappa shape index (κ3) is 2.60. The van der Waals surface area contributed by atoms with Gasteiger partial charge in [-0.25, -0.2) is 4.39 Å². The van der Waals surface area contributed by atoms with Crippen LogP contribution in [0.4, 0.5) is 4.39 Å². The second kappa shape index (κ2) is 4.65. The minimum atomic E-state index is -1.08. The summed E-state index contributed by atoms with van der Waals surface area (Å²) in [5, 5.41) is 10.4. The molecule has 0 radical (unpaired) electrons. The van der Waals surface area contributed by atoms with Gasteiger partial charge >= 0.3 is 0 Å².